The van der Waals surface area contributed by atoms with Gasteiger partial charge in [0.15, 0.2) is 5.78 Å². The van der Waals surface area contributed by atoms with Crippen molar-refractivity contribution in [3.05, 3.63) is 35.4 Å². The molecule has 26 heavy (non-hydrogen) atoms. The summed E-state index contributed by atoms with van der Waals surface area (Å²) in [5, 5.41) is 10.3. The standard InChI is InChI=1S/C20H22O6/c1-3-24-15-8-11-9-16-20(15,10-12(11)19(23)25-4-2)18(22)17-13(21)6-5-7-14(17)26-16/h5-7,10-11,15-16,21H,3-4,8-9H2,1-2H3/t11-,15+,16+,20-/m1/s1. The van der Waals surface area contributed by atoms with Crippen LogP contribution in [0.4, 0.5) is 0 Å². The van der Waals surface area contributed by atoms with Gasteiger partial charge in [0.05, 0.1) is 12.7 Å². The van der Waals surface area contributed by atoms with E-state index in [4.69, 9.17) is 14.2 Å². The molecule has 138 valence electrons. The summed E-state index contributed by atoms with van der Waals surface area (Å²) in [5.74, 6) is -0.431. The minimum Gasteiger partial charge on any atom is -0.507 e. The Bertz CT molecular complexity index is 797. The van der Waals surface area contributed by atoms with Crippen LogP contribution in [0.15, 0.2) is 29.8 Å². The van der Waals surface area contributed by atoms with Crippen LogP contribution < -0.4 is 4.74 Å². The highest BCUT2D eigenvalue weighted by Crippen LogP contribution is 2.57. The summed E-state index contributed by atoms with van der Waals surface area (Å²) in [6.45, 7) is 4.37. The number of carbonyl (C=O) groups is 2. The van der Waals surface area contributed by atoms with E-state index in [2.05, 4.69) is 0 Å². The smallest absolute Gasteiger partial charge is 0.333 e. The Labute approximate surface area is 151 Å². The van der Waals surface area contributed by atoms with Crippen molar-refractivity contribution in [2.45, 2.75) is 38.9 Å². The molecule has 1 heterocycles. The fourth-order valence-electron chi connectivity index (χ4n) is 4.59. The van der Waals surface area contributed by atoms with Crippen molar-refractivity contribution in [3.8, 4) is 11.5 Å². The second-order valence-electron chi connectivity index (χ2n) is 6.95. The van der Waals surface area contributed by atoms with E-state index in [0.29, 0.717) is 30.8 Å². The molecule has 3 aliphatic carbocycles. The van der Waals surface area contributed by atoms with E-state index in [-0.39, 0.29) is 35.6 Å². The van der Waals surface area contributed by atoms with Crippen LogP contribution >= 0.6 is 0 Å². The van der Waals surface area contributed by atoms with Crippen LogP contribution in [0.3, 0.4) is 0 Å². The van der Waals surface area contributed by atoms with Crippen molar-refractivity contribution < 1.29 is 28.9 Å². The molecule has 1 spiro atoms. The van der Waals surface area contributed by atoms with Crippen molar-refractivity contribution in [2.75, 3.05) is 13.2 Å². The lowest BCUT2D eigenvalue weighted by atomic mass is 9.55. The number of Topliss-reactive ketones (excluding diaryl/α,β-unsaturated/α-hetero) is 1. The highest BCUT2D eigenvalue weighted by Gasteiger charge is 2.63. The Morgan fingerprint density at radius 2 is 2.12 bits per heavy atom. The molecule has 0 saturated heterocycles. The maximum absolute atomic E-state index is 13.5. The van der Waals surface area contributed by atoms with Gasteiger partial charge >= 0.3 is 5.97 Å². The molecule has 0 unspecified atom stereocenters. The number of fused-ring (bicyclic) bond motifs is 2. The van der Waals surface area contributed by atoms with E-state index in [9.17, 15) is 14.7 Å². The zero-order valence-electron chi connectivity index (χ0n) is 14.9. The molecular formula is C20H22O6. The summed E-state index contributed by atoms with van der Waals surface area (Å²) in [4.78, 5) is 26.0. The maximum Gasteiger partial charge on any atom is 0.333 e. The first-order valence-electron chi connectivity index (χ1n) is 9.07. The average molecular weight is 358 g/mol. The highest BCUT2D eigenvalue weighted by molar-refractivity contribution is 6.09. The molecule has 0 amide bonds. The lowest BCUT2D eigenvalue weighted by molar-refractivity contribution is -0.142. The van der Waals surface area contributed by atoms with Crippen LogP contribution in [0.25, 0.3) is 0 Å². The molecule has 0 radical (unpaired) electrons. The summed E-state index contributed by atoms with van der Waals surface area (Å²) < 4.78 is 17.2. The van der Waals surface area contributed by atoms with E-state index < -0.39 is 17.6 Å². The van der Waals surface area contributed by atoms with Crippen LogP contribution in [-0.2, 0) is 14.3 Å². The molecule has 1 aromatic rings. The normalized spacial score (nSPS) is 31.5. The van der Waals surface area contributed by atoms with Crippen molar-refractivity contribution in [1.82, 2.24) is 0 Å². The van der Waals surface area contributed by atoms with Crippen molar-refractivity contribution in [3.63, 3.8) is 0 Å². The van der Waals surface area contributed by atoms with Gasteiger partial charge in [-0.3, -0.25) is 4.79 Å². The Kier molecular flexibility index (Phi) is 4.03. The first kappa shape index (κ1) is 17.1. The molecule has 1 N–H and O–H groups in total. The molecule has 6 nitrogen and oxygen atoms in total. The summed E-state index contributed by atoms with van der Waals surface area (Å²) in [6, 6.07) is 4.81. The van der Waals surface area contributed by atoms with Gasteiger partial charge in [0.25, 0.3) is 0 Å². The first-order valence-corrected chi connectivity index (χ1v) is 9.07. The number of hydrogen-bond donors (Lipinski definition) is 1. The molecule has 4 aliphatic rings. The summed E-state index contributed by atoms with van der Waals surface area (Å²) in [7, 11) is 0. The fourth-order valence-corrected chi connectivity index (χ4v) is 4.59. The van der Waals surface area contributed by atoms with E-state index in [1.807, 2.05) is 6.92 Å². The molecule has 0 aromatic heterocycles. The second kappa shape index (κ2) is 6.13. The quantitative estimate of drug-likeness (QED) is 0.833. The molecule has 1 saturated carbocycles. The van der Waals surface area contributed by atoms with Gasteiger partial charge < -0.3 is 19.3 Å². The summed E-state index contributed by atoms with van der Waals surface area (Å²) in [6.07, 6.45) is 2.00. The molecule has 1 aliphatic heterocycles. The SMILES string of the molecule is CCOC(=O)C1=C[C@]23C(=O)c4c(O)cccc4O[C@H]2C[C@H]1C[C@@H]3OCC. The lowest BCUT2D eigenvalue weighted by Gasteiger charge is -2.54. The minimum absolute atomic E-state index is 0.0656. The van der Waals surface area contributed by atoms with Crippen LogP contribution in [0.1, 0.15) is 37.0 Å². The van der Waals surface area contributed by atoms with Gasteiger partial charge in [0, 0.05) is 12.2 Å². The topological polar surface area (TPSA) is 82.1 Å². The monoisotopic (exact) mass is 358 g/mol. The zero-order chi connectivity index (χ0) is 18.5. The number of esters is 1. The Hall–Kier alpha value is -2.34. The number of hydrogen-bond acceptors (Lipinski definition) is 6. The van der Waals surface area contributed by atoms with Gasteiger partial charge in [-0.25, -0.2) is 4.79 Å². The second-order valence-corrected chi connectivity index (χ2v) is 6.95. The molecule has 6 heteroatoms. The number of benzene rings is 1. The number of rotatable bonds is 4. The molecule has 2 bridgehead atoms. The van der Waals surface area contributed by atoms with Crippen molar-refractivity contribution in [2.24, 2.45) is 11.3 Å². The third kappa shape index (κ3) is 2.21. The maximum atomic E-state index is 13.5. The van der Waals surface area contributed by atoms with Crippen LogP contribution in [0.2, 0.25) is 0 Å². The highest BCUT2D eigenvalue weighted by atomic mass is 16.5. The van der Waals surface area contributed by atoms with Crippen molar-refractivity contribution >= 4 is 11.8 Å². The Morgan fingerprint density at radius 3 is 2.85 bits per heavy atom. The molecule has 1 aromatic carbocycles. The molecular weight excluding hydrogens is 336 g/mol. The number of carbonyl (C=O) groups excluding carboxylic acids is 2. The number of phenols is 1. The predicted molar refractivity (Wildman–Crippen MR) is 92.1 cm³/mol. The van der Waals surface area contributed by atoms with Gasteiger partial charge in [-0.15, -0.1) is 0 Å². The summed E-state index contributed by atoms with van der Waals surface area (Å²) >= 11 is 0. The van der Waals surface area contributed by atoms with E-state index >= 15 is 0 Å². The van der Waals surface area contributed by atoms with Crippen LogP contribution in [0, 0.1) is 11.3 Å². The van der Waals surface area contributed by atoms with Gasteiger partial charge in [-0.1, -0.05) is 12.1 Å². The fraction of sp³-hybridized carbons (Fsp3) is 0.500. The van der Waals surface area contributed by atoms with Gasteiger partial charge in [0.2, 0.25) is 0 Å². The molecule has 1 fully saturated rings. The zero-order valence-corrected chi connectivity index (χ0v) is 14.9. The number of phenolic OH excluding ortho intramolecular Hbond substituents is 1. The van der Waals surface area contributed by atoms with E-state index in [1.165, 1.54) is 6.07 Å². The minimum atomic E-state index is -1.11. The average Bonchev–Trinajstić information content (AvgIpc) is 2.62. The third-order valence-corrected chi connectivity index (χ3v) is 5.67. The lowest BCUT2D eigenvalue weighted by Crippen LogP contribution is -2.62. The number of aromatic hydroxyl groups is 1. The number of ketones is 1. The van der Waals surface area contributed by atoms with E-state index in [0.717, 1.165) is 0 Å². The molecule has 5 rings (SSSR count). The van der Waals surface area contributed by atoms with Gasteiger partial charge in [-0.2, -0.15) is 0 Å². The van der Waals surface area contributed by atoms with Crippen LogP contribution in [-0.4, -0.2) is 42.3 Å². The largest absolute Gasteiger partial charge is 0.507 e. The predicted octanol–water partition coefficient (Wildman–Crippen LogP) is 2.64. The molecule has 4 atom stereocenters. The first-order chi connectivity index (χ1) is 12.5. The third-order valence-electron chi connectivity index (χ3n) is 5.67. The number of ether oxygens (including phenoxy) is 3. The summed E-state index contributed by atoms with van der Waals surface area (Å²) in [5.41, 5.74) is -0.429. The van der Waals surface area contributed by atoms with Crippen molar-refractivity contribution in [1.29, 1.82) is 0 Å². The van der Waals surface area contributed by atoms with Gasteiger partial charge in [-0.05, 0) is 44.7 Å². The Balaban J connectivity index is 1.87. The Morgan fingerprint density at radius 1 is 1.31 bits per heavy atom. The van der Waals surface area contributed by atoms with E-state index in [1.54, 1.807) is 25.1 Å². The van der Waals surface area contributed by atoms with Crippen LogP contribution in [0.5, 0.6) is 11.5 Å². The van der Waals surface area contributed by atoms with Gasteiger partial charge in [0.1, 0.15) is 28.6 Å².